The van der Waals surface area contributed by atoms with Crippen LogP contribution in [0, 0.1) is 0 Å². The van der Waals surface area contributed by atoms with Crippen molar-refractivity contribution in [1.82, 2.24) is 15.5 Å². The number of hydrogen-bond acceptors (Lipinski definition) is 2. The van der Waals surface area contributed by atoms with Crippen LogP contribution in [0.4, 0.5) is 0 Å². The molecule has 2 N–H and O–H groups in total. The minimum Gasteiger partial charge on any atom is -0.357 e. The van der Waals surface area contributed by atoms with Crippen LogP contribution in [-0.2, 0) is 0 Å². The third-order valence-electron chi connectivity index (χ3n) is 4.53. The molecule has 1 unspecified atom stereocenters. The Hall–Kier alpha value is -0.0400. The maximum Gasteiger partial charge on any atom is 0.191 e. The molecule has 124 valence electrons. The minimum atomic E-state index is 0. The Balaban J connectivity index is 0.00000220. The van der Waals surface area contributed by atoms with Crippen molar-refractivity contribution >= 4 is 29.9 Å². The fourth-order valence-corrected chi connectivity index (χ4v) is 3.37. The zero-order chi connectivity index (χ0) is 14.2. The molecule has 0 amide bonds. The molecule has 0 radical (unpaired) electrons. The van der Waals surface area contributed by atoms with E-state index in [0.29, 0.717) is 6.04 Å². The second kappa shape index (κ2) is 10.6. The Morgan fingerprint density at radius 2 is 1.95 bits per heavy atom. The van der Waals surface area contributed by atoms with E-state index in [2.05, 4.69) is 34.4 Å². The predicted octanol–water partition coefficient (Wildman–Crippen LogP) is 2.98. The first kappa shape index (κ1) is 19.0. The van der Waals surface area contributed by atoms with E-state index in [4.69, 9.17) is 0 Å². The number of halogens is 1. The normalized spacial score (nSPS) is 24.1. The topological polar surface area (TPSA) is 39.7 Å². The lowest BCUT2D eigenvalue weighted by molar-refractivity contribution is 0.242. The highest BCUT2D eigenvalue weighted by atomic mass is 127. The lowest BCUT2D eigenvalue weighted by Gasteiger charge is -2.24. The van der Waals surface area contributed by atoms with Gasteiger partial charge in [-0.3, -0.25) is 9.89 Å². The summed E-state index contributed by atoms with van der Waals surface area (Å²) in [6.45, 7) is 8.68. The summed E-state index contributed by atoms with van der Waals surface area (Å²) in [5.74, 6) is 1.01. The first-order valence-corrected chi connectivity index (χ1v) is 8.62. The Labute approximate surface area is 147 Å². The van der Waals surface area contributed by atoms with E-state index in [9.17, 15) is 0 Å². The first-order valence-electron chi connectivity index (χ1n) is 8.62. The number of guanidine groups is 1. The summed E-state index contributed by atoms with van der Waals surface area (Å²) in [4.78, 5) is 7.36. The van der Waals surface area contributed by atoms with Crippen LogP contribution in [0.2, 0.25) is 0 Å². The number of hydrogen-bond donors (Lipinski definition) is 2. The molecule has 1 aliphatic heterocycles. The van der Waals surface area contributed by atoms with Gasteiger partial charge in [0, 0.05) is 38.3 Å². The molecule has 2 rings (SSSR count). The molecule has 2 aliphatic rings. The SMILES string of the molecule is CCCCN=C(NCC)NC1CCN(C2CCCC2)C1.I. The zero-order valence-corrected chi connectivity index (χ0v) is 16.1. The van der Waals surface area contributed by atoms with Gasteiger partial charge in [0.15, 0.2) is 5.96 Å². The quantitative estimate of drug-likeness (QED) is 0.307. The predicted molar refractivity (Wildman–Crippen MR) is 102 cm³/mol. The van der Waals surface area contributed by atoms with Crippen LogP contribution in [0.1, 0.15) is 58.8 Å². The van der Waals surface area contributed by atoms with Crippen LogP contribution >= 0.6 is 24.0 Å². The van der Waals surface area contributed by atoms with Crippen molar-refractivity contribution < 1.29 is 0 Å². The number of nitrogens with zero attached hydrogens (tertiary/aromatic N) is 2. The Kier molecular flexibility index (Phi) is 9.64. The second-order valence-electron chi connectivity index (χ2n) is 6.18. The van der Waals surface area contributed by atoms with Gasteiger partial charge in [0.05, 0.1) is 0 Å². The Morgan fingerprint density at radius 1 is 1.19 bits per heavy atom. The highest BCUT2D eigenvalue weighted by Gasteiger charge is 2.30. The third-order valence-corrected chi connectivity index (χ3v) is 4.53. The van der Waals surface area contributed by atoms with E-state index in [1.807, 2.05) is 0 Å². The standard InChI is InChI=1S/C16H32N4.HI/c1-3-5-11-18-16(17-4-2)19-14-10-12-20(13-14)15-8-6-7-9-15;/h14-15H,3-13H2,1-2H3,(H2,17,18,19);1H. The van der Waals surface area contributed by atoms with E-state index in [0.717, 1.165) is 25.1 Å². The van der Waals surface area contributed by atoms with Gasteiger partial charge in [-0.05, 0) is 32.6 Å². The average molecular weight is 408 g/mol. The summed E-state index contributed by atoms with van der Waals surface area (Å²) in [5, 5.41) is 7.00. The first-order chi connectivity index (χ1) is 9.83. The maximum absolute atomic E-state index is 4.67. The average Bonchev–Trinajstić information content (AvgIpc) is 3.09. The van der Waals surface area contributed by atoms with Crippen molar-refractivity contribution in [2.24, 2.45) is 4.99 Å². The molecule has 1 saturated carbocycles. The molecular formula is C16H33IN4. The zero-order valence-electron chi connectivity index (χ0n) is 13.7. The smallest absolute Gasteiger partial charge is 0.191 e. The number of rotatable bonds is 6. The lowest BCUT2D eigenvalue weighted by atomic mass is 10.2. The van der Waals surface area contributed by atoms with Gasteiger partial charge < -0.3 is 10.6 Å². The molecule has 1 saturated heterocycles. The second-order valence-corrected chi connectivity index (χ2v) is 6.18. The summed E-state index contributed by atoms with van der Waals surface area (Å²) >= 11 is 0. The van der Waals surface area contributed by atoms with Crippen molar-refractivity contribution in [3.63, 3.8) is 0 Å². The molecular weight excluding hydrogens is 375 g/mol. The summed E-state index contributed by atoms with van der Waals surface area (Å²) in [6.07, 6.45) is 9.33. The Bertz CT molecular complexity index is 303. The van der Waals surface area contributed by atoms with Gasteiger partial charge in [-0.2, -0.15) is 0 Å². The van der Waals surface area contributed by atoms with Crippen LogP contribution in [0.15, 0.2) is 4.99 Å². The molecule has 1 atom stereocenters. The van der Waals surface area contributed by atoms with E-state index in [1.165, 1.54) is 58.0 Å². The summed E-state index contributed by atoms with van der Waals surface area (Å²) in [6, 6.07) is 1.44. The van der Waals surface area contributed by atoms with Gasteiger partial charge in [0.2, 0.25) is 0 Å². The molecule has 0 bridgehead atoms. The van der Waals surface area contributed by atoms with E-state index in [1.54, 1.807) is 0 Å². The van der Waals surface area contributed by atoms with Crippen LogP contribution < -0.4 is 10.6 Å². The van der Waals surface area contributed by atoms with Crippen LogP contribution in [0.25, 0.3) is 0 Å². The van der Waals surface area contributed by atoms with Crippen LogP contribution in [-0.4, -0.2) is 49.1 Å². The van der Waals surface area contributed by atoms with Crippen molar-refractivity contribution in [2.45, 2.75) is 70.9 Å². The van der Waals surface area contributed by atoms with Crippen LogP contribution in [0.3, 0.4) is 0 Å². The highest BCUT2D eigenvalue weighted by molar-refractivity contribution is 14.0. The van der Waals surface area contributed by atoms with Crippen molar-refractivity contribution in [3.05, 3.63) is 0 Å². The highest BCUT2D eigenvalue weighted by Crippen LogP contribution is 2.26. The molecule has 1 aliphatic carbocycles. The minimum absolute atomic E-state index is 0. The van der Waals surface area contributed by atoms with Crippen molar-refractivity contribution in [1.29, 1.82) is 0 Å². The van der Waals surface area contributed by atoms with Crippen molar-refractivity contribution in [2.75, 3.05) is 26.2 Å². The largest absolute Gasteiger partial charge is 0.357 e. The maximum atomic E-state index is 4.67. The molecule has 21 heavy (non-hydrogen) atoms. The number of unbranched alkanes of at least 4 members (excludes halogenated alkanes) is 1. The van der Waals surface area contributed by atoms with Crippen molar-refractivity contribution in [3.8, 4) is 0 Å². The lowest BCUT2D eigenvalue weighted by Crippen LogP contribution is -2.45. The number of nitrogens with one attached hydrogen (secondary N) is 2. The van der Waals surface area contributed by atoms with E-state index in [-0.39, 0.29) is 24.0 Å². The molecule has 0 spiro atoms. The molecule has 1 heterocycles. The van der Waals surface area contributed by atoms with Gasteiger partial charge in [-0.15, -0.1) is 24.0 Å². The fraction of sp³-hybridized carbons (Fsp3) is 0.938. The van der Waals surface area contributed by atoms with Gasteiger partial charge >= 0.3 is 0 Å². The van der Waals surface area contributed by atoms with Crippen LogP contribution in [0.5, 0.6) is 0 Å². The molecule has 4 nitrogen and oxygen atoms in total. The number of aliphatic imine (C=N–C) groups is 1. The van der Waals surface area contributed by atoms with Gasteiger partial charge in [-0.1, -0.05) is 26.2 Å². The summed E-state index contributed by atoms with van der Waals surface area (Å²) < 4.78 is 0. The summed E-state index contributed by atoms with van der Waals surface area (Å²) in [5.41, 5.74) is 0. The molecule has 2 fully saturated rings. The van der Waals surface area contributed by atoms with Gasteiger partial charge in [-0.25, -0.2) is 0 Å². The molecule has 0 aromatic rings. The fourth-order valence-electron chi connectivity index (χ4n) is 3.37. The molecule has 0 aromatic carbocycles. The van der Waals surface area contributed by atoms with E-state index < -0.39 is 0 Å². The molecule has 5 heteroatoms. The summed E-state index contributed by atoms with van der Waals surface area (Å²) in [7, 11) is 0. The Morgan fingerprint density at radius 3 is 2.62 bits per heavy atom. The monoisotopic (exact) mass is 408 g/mol. The number of likely N-dealkylation sites (tertiary alicyclic amines) is 1. The van der Waals surface area contributed by atoms with Gasteiger partial charge in [0.25, 0.3) is 0 Å². The third kappa shape index (κ3) is 6.30. The van der Waals surface area contributed by atoms with E-state index >= 15 is 0 Å². The molecule has 0 aromatic heterocycles. The van der Waals surface area contributed by atoms with Gasteiger partial charge in [0.1, 0.15) is 0 Å².